The molecule has 4 aromatic rings. The van der Waals surface area contributed by atoms with Gasteiger partial charge >= 0.3 is 6.36 Å². The van der Waals surface area contributed by atoms with E-state index < -0.39 is 34.3 Å². The summed E-state index contributed by atoms with van der Waals surface area (Å²) in [6, 6.07) is 20.1. The molecule has 0 aliphatic heterocycles. The van der Waals surface area contributed by atoms with Gasteiger partial charge in [-0.1, -0.05) is 46.9 Å². The minimum Gasteiger partial charge on any atom is -0.406 e. The second-order valence-electron chi connectivity index (χ2n) is 10.5. The van der Waals surface area contributed by atoms with E-state index in [0.717, 1.165) is 16.8 Å². The van der Waals surface area contributed by atoms with Crippen LogP contribution in [0, 0.1) is 12.8 Å². The molecular formula is C32H23Cl5F3N3O3. The van der Waals surface area contributed by atoms with Crippen LogP contribution in [0.3, 0.4) is 0 Å². The maximum absolute atomic E-state index is 13.2. The van der Waals surface area contributed by atoms with Crippen molar-refractivity contribution in [1.82, 2.24) is 0 Å². The average molecular weight is 732 g/mol. The molecule has 2 amide bonds. The molecule has 240 valence electrons. The molecule has 5 rings (SSSR count). The molecule has 0 aromatic heterocycles. The van der Waals surface area contributed by atoms with E-state index >= 15 is 0 Å². The van der Waals surface area contributed by atoms with Crippen LogP contribution in [0.5, 0.6) is 5.75 Å². The van der Waals surface area contributed by atoms with Gasteiger partial charge in [0.2, 0.25) is 5.91 Å². The lowest BCUT2D eigenvalue weighted by Crippen LogP contribution is -2.18. The summed E-state index contributed by atoms with van der Waals surface area (Å²) < 4.78 is 39.6. The molecule has 46 heavy (non-hydrogen) atoms. The minimum atomic E-state index is -4.75. The highest BCUT2D eigenvalue weighted by atomic mass is 35.5. The Morgan fingerprint density at radius 3 is 2.13 bits per heavy atom. The fourth-order valence-electron chi connectivity index (χ4n) is 4.94. The zero-order valence-corrected chi connectivity index (χ0v) is 27.4. The van der Waals surface area contributed by atoms with Crippen molar-refractivity contribution in [2.24, 2.45) is 5.92 Å². The number of hydrogen-bond acceptors (Lipinski definition) is 4. The van der Waals surface area contributed by atoms with Gasteiger partial charge in [0.05, 0.1) is 16.5 Å². The smallest absolute Gasteiger partial charge is 0.406 e. The van der Waals surface area contributed by atoms with Gasteiger partial charge in [0.25, 0.3) is 5.91 Å². The van der Waals surface area contributed by atoms with Crippen LogP contribution >= 0.6 is 58.0 Å². The molecule has 1 fully saturated rings. The predicted molar refractivity (Wildman–Crippen MR) is 177 cm³/mol. The Hall–Kier alpha value is -3.34. The topological polar surface area (TPSA) is 79.5 Å². The van der Waals surface area contributed by atoms with Crippen LogP contribution in [-0.4, -0.2) is 22.5 Å². The second kappa shape index (κ2) is 13.4. The molecule has 1 aliphatic carbocycles. The van der Waals surface area contributed by atoms with Crippen molar-refractivity contribution in [1.29, 1.82) is 0 Å². The van der Waals surface area contributed by atoms with Gasteiger partial charge in [-0.15, -0.1) is 36.4 Å². The van der Waals surface area contributed by atoms with E-state index in [-0.39, 0.29) is 16.3 Å². The Balaban J connectivity index is 1.21. The molecule has 2 atom stereocenters. The summed E-state index contributed by atoms with van der Waals surface area (Å²) in [7, 11) is 0. The molecule has 0 radical (unpaired) electrons. The number of carbonyl (C=O) groups is 2. The van der Waals surface area contributed by atoms with Crippen molar-refractivity contribution in [3.63, 3.8) is 0 Å². The van der Waals surface area contributed by atoms with E-state index in [1.807, 2.05) is 0 Å². The summed E-state index contributed by atoms with van der Waals surface area (Å²) in [5.41, 5.74) is 3.77. The van der Waals surface area contributed by atoms with Gasteiger partial charge in [-0.2, -0.15) is 0 Å². The molecule has 14 heteroatoms. The summed E-state index contributed by atoms with van der Waals surface area (Å²) in [5.74, 6) is -2.60. The van der Waals surface area contributed by atoms with Crippen molar-refractivity contribution >= 4 is 86.9 Å². The third kappa shape index (κ3) is 8.14. The summed E-state index contributed by atoms with van der Waals surface area (Å²) >= 11 is 31.5. The summed E-state index contributed by atoms with van der Waals surface area (Å²) in [6.45, 7) is 2.14. The largest absolute Gasteiger partial charge is 0.573 e. The van der Waals surface area contributed by atoms with E-state index in [1.165, 1.54) is 36.4 Å². The number of halogens is 8. The number of benzene rings is 4. The molecule has 0 heterocycles. The first-order chi connectivity index (χ1) is 21.6. The number of carbonyl (C=O) groups excluding carboxylic acids is 2. The maximum atomic E-state index is 13.2. The third-order valence-corrected chi connectivity index (χ3v) is 8.89. The maximum Gasteiger partial charge on any atom is 0.573 e. The van der Waals surface area contributed by atoms with Gasteiger partial charge in [0.1, 0.15) is 10.1 Å². The van der Waals surface area contributed by atoms with E-state index in [0.29, 0.717) is 33.5 Å². The number of aryl methyl sites for hydroxylation is 1. The molecule has 4 aromatic carbocycles. The lowest BCUT2D eigenvalue weighted by atomic mass is 10.1. The molecular weight excluding hydrogens is 709 g/mol. The fourth-order valence-corrected chi connectivity index (χ4v) is 6.51. The van der Waals surface area contributed by atoms with Crippen LogP contribution in [0.1, 0.15) is 33.0 Å². The zero-order chi connectivity index (χ0) is 33.4. The molecule has 1 saturated carbocycles. The van der Waals surface area contributed by atoms with Crippen LogP contribution in [0.4, 0.5) is 30.2 Å². The summed E-state index contributed by atoms with van der Waals surface area (Å²) in [4.78, 5) is 26.4. The first kappa shape index (κ1) is 34.0. The van der Waals surface area contributed by atoms with E-state index in [2.05, 4.69) is 20.7 Å². The number of anilines is 3. The zero-order valence-electron chi connectivity index (χ0n) is 23.6. The van der Waals surface area contributed by atoms with Crippen molar-refractivity contribution in [2.45, 2.75) is 30.1 Å². The van der Waals surface area contributed by atoms with Crippen molar-refractivity contribution in [3.8, 4) is 5.75 Å². The Labute approximate surface area is 287 Å². The van der Waals surface area contributed by atoms with Crippen LogP contribution < -0.4 is 20.7 Å². The monoisotopic (exact) mass is 729 g/mol. The molecule has 0 saturated heterocycles. The minimum absolute atomic E-state index is 0.121. The summed E-state index contributed by atoms with van der Waals surface area (Å²) in [6.07, 6.45) is -4.75. The highest BCUT2D eigenvalue weighted by molar-refractivity contribution is 6.53. The van der Waals surface area contributed by atoms with Gasteiger partial charge in [0, 0.05) is 39.6 Å². The second-order valence-corrected chi connectivity index (χ2v) is 13.3. The standard InChI is InChI=1S/C32H23Cl5F3N3O3/c1-16-10-21(41-15-17-2-6-23(7-3-17)46-32(38,39)40)5-9-26(16)43-29(44)24-14-22(4-8-25(24)35)42-30(45)28-27(31(28,36)37)18-11-19(33)13-20(34)12-18/h2-14,27-28,41H,15H2,1H3,(H,42,45)(H,43,44). The molecule has 0 spiro atoms. The normalized spacial score (nSPS) is 16.8. The molecule has 1 aliphatic rings. The average Bonchev–Trinajstić information content (AvgIpc) is 3.55. The molecule has 3 N–H and O–H groups in total. The van der Waals surface area contributed by atoms with E-state index in [9.17, 15) is 22.8 Å². The van der Waals surface area contributed by atoms with Crippen molar-refractivity contribution < 1.29 is 27.5 Å². The molecule has 6 nitrogen and oxygen atoms in total. The van der Waals surface area contributed by atoms with Crippen LogP contribution in [-0.2, 0) is 11.3 Å². The highest BCUT2D eigenvalue weighted by Crippen LogP contribution is 2.65. The van der Waals surface area contributed by atoms with Crippen molar-refractivity contribution in [2.75, 3.05) is 16.0 Å². The lowest BCUT2D eigenvalue weighted by Gasteiger charge is -2.14. The van der Waals surface area contributed by atoms with Gasteiger partial charge in [-0.25, -0.2) is 0 Å². The highest BCUT2D eigenvalue weighted by Gasteiger charge is 2.67. The number of amides is 2. The van der Waals surface area contributed by atoms with Crippen LogP contribution in [0.15, 0.2) is 78.9 Å². The number of hydrogen-bond donors (Lipinski definition) is 3. The Morgan fingerprint density at radius 1 is 0.848 bits per heavy atom. The summed E-state index contributed by atoms with van der Waals surface area (Å²) in [5, 5.41) is 9.71. The third-order valence-electron chi connectivity index (χ3n) is 7.19. The van der Waals surface area contributed by atoms with Crippen molar-refractivity contribution in [3.05, 3.63) is 116 Å². The lowest BCUT2D eigenvalue weighted by molar-refractivity contribution is -0.274. The quantitative estimate of drug-likeness (QED) is 0.150. The fraction of sp³-hybridized carbons (Fsp3) is 0.188. The number of rotatable bonds is 9. The number of alkyl halides is 5. The Morgan fingerprint density at radius 2 is 1.50 bits per heavy atom. The van der Waals surface area contributed by atoms with Gasteiger partial charge in [0.15, 0.2) is 0 Å². The Kier molecular flexibility index (Phi) is 9.92. The SMILES string of the molecule is Cc1cc(NCc2ccc(OC(F)(F)F)cc2)ccc1NC(=O)c1cc(NC(=O)C2C(c3cc(Cl)cc(Cl)c3)C2(Cl)Cl)ccc1Cl. The number of nitrogens with one attached hydrogen (secondary N) is 3. The first-order valence-electron chi connectivity index (χ1n) is 13.6. The van der Waals surface area contributed by atoms with E-state index in [4.69, 9.17) is 58.0 Å². The van der Waals surface area contributed by atoms with Gasteiger partial charge < -0.3 is 20.7 Å². The first-order valence-corrected chi connectivity index (χ1v) is 15.4. The Bertz CT molecular complexity index is 1780. The van der Waals surface area contributed by atoms with Crippen LogP contribution in [0.2, 0.25) is 15.1 Å². The van der Waals surface area contributed by atoms with Crippen LogP contribution in [0.25, 0.3) is 0 Å². The molecule has 0 bridgehead atoms. The predicted octanol–water partition coefficient (Wildman–Crippen LogP) is 10.2. The molecule has 2 unspecified atom stereocenters. The van der Waals surface area contributed by atoms with Gasteiger partial charge in [-0.05, 0) is 90.3 Å². The van der Waals surface area contributed by atoms with E-state index in [1.54, 1.807) is 49.4 Å². The van der Waals surface area contributed by atoms with Gasteiger partial charge in [-0.3, -0.25) is 9.59 Å². The number of ether oxygens (including phenoxy) is 1.